The number of benzene rings is 1. The van der Waals surface area contributed by atoms with E-state index in [4.69, 9.17) is 23.2 Å². The number of alkyl halides is 1. The molecule has 0 nitrogen and oxygen atoms in total. The van der Waals surface area contributed by atoms with Crippen molar-refractivity contribution in [2.24, 2.45) is 0 Å². The molecule has 1 aromatic carbocycles. The van der Waals surface area contributed by atoms with E-state index in [1.54, 1.807) is 12.1 Å². The second-order valence-electron chi connectivity index (χ2n) is 3.17. The van der Waals surface area contributed by atoms with Crippen LogP contribution < -0.4 is 0 Å². The summed E-state index contributed by atoms with van der Waals surface area (Å²) in [5, 5.41) is 0.517. The maximum atomic E-state index is 13.6. The Hall–Kier alpha value is -0.0900. The molecule has 0 amide bonds. The number of rotatable bonds is 2. The molecule has 0 saturated carbocycles. The lowest BCUT2D eigenvalue weighted by Gasteiger charge is -2.09. The van der Waals surface area contributed by atoms with Gasteiger partial charge < -0.3 is 0 Å². The van der Waals surface area contributed by atoms with Gasteiger partial charge >= 0.3 is 0 Å². The van der Waals surface area contributed by atoms with E-state index >= 15 is 0 Å². The maximum Gasteiger partial charge on any atom is 0.128 e. The lowest BCUT2D eigenvalue weighted by molar-refractivity contribution is 0.614. The van der Waals surface area contributed by atoms with Gasteiger partial charge in [0.25, 0.3) is 0 Å². The molecule has 0 N–H and O–H groups in total. The summed E-state index contributed by atoms with van der Waals surface area (Å²) in [6.45, 7) is 0. The van der Waals surface area contributed by atoms with Crippen LogP contribution in [0, 0.1) is 5.82 Å². The lowest BCUT2D eigenvalue weighted by Crippen LogP contribution is -1.94. The molecule has 0 spiro atoms. The molecule has 5 heteroatoms. The van der Waals surface area contributed by atoms with Crippen molar-refractivity contribution in [1.82, 2.24) is 0 Å². The van der Waals surface area contributed by atoms with Crippen molar-refractivity contribution in [3.8, 4) is 0 Å². The first-order chi connectivity index (χ1) is 7.58. The predicted molar refractivity (Wildman–Crippen MR) is 71.5 cm³/mol. The third-order valence-electron chi connectivity index (χ3n) is 2.07. The normalized spacial score (nSPS) is 12.8. The Balaban J connectivity index is 2.40. The minimum Gasteiger partial charge on any atom is -0.207 e. The molecule has 0 fully saturated rings. The first kappa shape index (κ1) is 12.4. The molecule has 16 heavy (non-hydrogen) atoms. The molecule has 0 aliphatic heterocycles. The second kappa shape index (κ2) is 5.05. The molecule has 0 aliphatic carbocycles. The van der Waals surface area contributed by atoms with Crippen LogP contribution in [0.5, 0.6) is 0 Å². The third kappa shape index (κ3) is 2.59. The molecule has 1 heterocycles. The summed E-state index contributed by atoms with van der Waals surface area (Å²) in [5.74, 6) is -0.282. The molecule has 1 unspecified atom stereocenters. The van der Waals surface area contributed by atoms with Crippen molar-refractivity contribution in [2.45, 2.75) is 4.83 Å². The van der Waals surface area contributed by atoms with E-state index in [0.29, 0.717) is 14.9 Å². The van der Waals surface area contributed by atoms with Crippen LogP contribution in [0.3, 0.4) is 0 Å². The summed E-state index contributed by atoms with van der Waals surface area (Å²) < 4.78 is 14.3. The van der Waals surface area contributed by atoms with Gasteiger partial charge in [0.05, 0.1) is 9.16 Å². The van der Waals surface area contributed by atoms with Gasteiger partial charge in [-0.2, -0.15) is 0 Å². The molecule has 0 saturated heterocycles. The highest BCUT2D eigenvalue weighted by Gasteiger charge is 2.16. The monoisotopic (exact) mass is 338 g/mol. The van der Waals surface area contributed by atoms with Gasteiger partial charge in [0.2, 0.25) is 0 Å². The first-order valence-corrected chi connectivity index (χ1v) is 6.91. The van der Waals surface area contributed by atoms with Gasteiger partial charge in [0.1, 0.15) is 5.82 Å². The lowest BCUT2D eigenvalue weighted by atomic mass is 10.1. The van der Waals surface area contributed by atoms with E-state index in [9.17, 15) is 4.39 Å². The zero-order valence-corrected chi connectivity index (χ0v) is 11.8. The summed E-state index contributed by atoms with van der Waals surface area (Å²) in [6, 6.07) is 8.16. The summed E-state index contributed by atoms with van der Waals surface area (Å²) >= 11 is 16.5. The van der Waals surface area contributed by atoms with E-state index in [2.05, 4.69) is 15.9 Å². The van der Waals surface area contributed by atoms with E-state index in [1.807, 2.05) is 6.07 Å². The van der Waals surface area contributed by atoms with E-state index in [0.717, 1.165) is 4.88 Å². The fraction of sp³-hybridized carbons (Fsp3) is 0.0909. The average Bonchev–Trinajstić information content (AvgIpc) is 2.67. The Labute approximate surface area is 115 Å². The Morgan fingerprint density at radius 2 is 1.94 bits per heavy atom. The highest BCUT2D eigenvalue weighted by molar-refractivity contribution is 9.09. The number of halogens is 4. The van der Waals surface area contributed by atoms with Gasteiger partial charge in [0.15, 0.2) is 0 Å². The van der Waals surface area contributed by atoms with E-state index < -0.39 is 0 Å². The number of thiophene rings is 1. The standard InChI is InChI=1S/C11H6BrCl2FS/c12-11(9-3-4-10(14)16-9)7-5-6(13)1-2-8(7)15/h1-5,11H. The highest BCUT2D eigenvalue weighted by Crippen LogP contribution is 2.38. The van der Waals surface area contributed by atoms with Crippen LogP contribution in [-0.4, -0.2) is 0 Å². The average molecular weight is 340 g/mol. The molecule has 0 bridgehead atoms. The minimum atomic E-state index is -0.282. The van der Waals surface area contributed by atoms with Crippen molar-refractivity contribution >= 4 is 50.5 Å². The largest absolute Gasteiger partial charge is 0.207 e. The smallest absolute Gasteiger partial charge is 0.128 e. The van der Waals surface area contributed by atoms with Crippen molar-refractivity contribution in [3.63, 3.8) is 0 Å². The Morgan fingerprint density at radius 3 is 2.56 bits per heavy atom. The van der Waals surface area contributed by atoms with Gasteiger partial charge in [-0.1, -0.05) is 39.1 Å². The van der Waals surface area contributed by atoms with E-state index in [-0.39, 0.29) is 10.6 Å². The minimum absolute atomic E-state index is 0.219. The molecule has 2 aromatic rings. The summed E-state index contributed by atoms with van der Waals surface area (Å²) in [5.41, 5.74) is 0.519. The SMILES string of the molecule is Fc1ccc(Cl)cc1C(Br)c1ccc(Cl)s1. The third-order valence-corrected chi connectivity index (χ3v) is 4.90. The quantitative estimate of drug-likeness (QED) is 0.617. The molecule has 1 aromatic heterocycles. The molecular formula is C11H6BrCl2FS. The van der Waals surface area contributed by atoms with Crippen LogP contribution in [0.1, 0.15) is 15.3 Å². The second-order valence-corrected chi connectivity index (χ2v) is 6.27. The Bertz CT molecular complexity index is 512. The van der Waals surface area contributed by atoms with Gasteiger partial charge in [-0.25, -0.2) is 4.39 Å². The van der Waals surface area contributed by atoms with Crippen LogP contribution >= 0.6 is 50.5 Å². The van der Waals surface area contributed by atoms with Crippen LogP contribution in [0.2, 0.25) is 9.36 Å². The molecule has 0 aliphatic rings. The van der Waals surface area contributed by atoms with Crippen molar-refractivity contribution in [3.05, 3.63) is 55.9 Å². The van der Waals surface area contributed by atoms with Crippen molar-refractivity contribution < 1.29 is 4.39 Å². The van der Waals surface area contributed by atoms with Gasteiger partial charge in [-0.05, 0) is 30.3 Å². The van der Waals surface area contributed by atoms with Crippen LogP contribution in [0.25, 0.3) is 0 Å². The summed E-state index contributed by atoms with van der Waals surface area (Å²) in [4.78, 5) is 0.731. The van der Waals surface area contributed by atoms with Gasteiger partial charge in [-0.15, -0.1) is 11.3 Å². The van der Waals surface area contributed by atoms with Crippen LogP contribution in [0.4, 0.5) is 4.39 Å². The first-order valence-electron chi connectivity index (χ1n) is 4.42. The maximum absolute atomic E-state index is 13.6. The fourth-order valence-corrected chi connectivity index (χ4v) is 3.35. The molecule has 84 valence electrons. The van der Waals surface area contributed by atoms with Gasteiger partial charge in [-0.3, -0.25) is 0 Å². The number of hydrogen-bond donors (Lipinski definition) is 0. The fourth-order valence-electron chi connectivity index (χ4n) is 1.33. The molecule has 2 rings (SSSR count). The summed E-state index contributed by atoms with van der Waals surface area (Å²) in [6.07, 6.45) is 0. The molecule has 1 atom stereocenters. The topological polar surface area (TPSA) is 0 Å². The van der Waals surface area contributed by atoms with Crippen molar-refractivity contribution in [2.75, 3.05) is 0 Å². The molecular weight excluding hydrogens is 334 g/mol. The highest BCUT2D eigenvalue weighted by atomic mass is 79.9. The van der Waals surface area contributed by atoms with Gasteiger partial charge in [0, 0.05) is 15.5 Å². The predicted octanol–water partition coefficient (Wildman–Crippen LogP) is 5.68. The zero-order chi connectivity index (χ0) is 11.7. The molecule has 0 radical (unpaired) electrons. The number of hydrogen-bond acceptors (Lipinski definition) is 1. The Morgan fingerprint density at radius 1 is 1.19 bits per heavy atom. The van der Waals surface area contributed by atoms with Crippen LogP contribution in [0.15, 0.2) is 30.3 Å². The Kier molecular flexibility index (Phi) is 3.90. The van der Waals surface area contributed by atoms with Crippen LogP contribution in [-0.2, 0) is 0 Å². The summed E-state index contributed by atoms with van der Waals surface area (Å²) in [7, 11) is 0. The van der Waals surface area contributed by atoms with E-state index in [1.165, 1.54) is 23.5 Å². The van der Waals surface area contributed by atoms with Crippen molar-refractivity contribution in [1.29, 1.82) is 0 Å². The zero-order valence-electron chi connectivity index (χ0n) is 7.88.